The summed E-state index contributed by atoms with van der Waals surface area (Å²) in [6.07, 6.45) is -0.543. The Hall–Kier alpha value is -4.60. The van der Waals surface area contributed by atoms with Crippen LogP contribution in [0.25, 0.3) is 11.2 Å². The molecule has 0 unspecified atom stereocenters. The Morgan fingerprint density at radius 1 is 1.13 bits per heavy atom. The fourth-order valence-corrected chi connectivity index (χ4v) is 5.77. The quantitative estimate of drug-likeness (QED) is 0.122. The van der Waals surface area contributed by atoms with E-state index < -0.39 is 30.0 Å². The summed E-state index contributed by atoms with van der Waals surface area (Å²) in [5.41, 5.74) is 7.76. The van der Waals surface area contributed by atoms with Crippen LogP contribution in [0.15, 0.2) is 79.5 Å². The molecule has 3 aromatic heterocycles. The summed E-state index contributed by atoms with van der Waals surface area (Å²) in [6, 6.07) is 20.2. The summed E-state index contributed by atoms with van der Waals surface area (Å²) in [5, 5.41) is 37.4. The van der Waals surface area contributed by atoms with Crippen molar-refractivity contribution in [2.75, 3.05) is 29.1 Å². The molecule has 5 aromatic rings. The van der Waals surface area contributed by atoms with Gasteiger partial charge in [0.05, 0.1) is 6.33 Å². The van der Waals surface area contributed by atoms with Gasteiger partial charge in [0.1, 0.15) is 18.0 Å². The number of aromatic nitrogens is 6. The molecule has 6 rings (SSSR count). The summed E-state index contributed by atoms with van der Waals surface area (Å²) in [4.78, 5) is 33.9. The Bertz CT molecular complexity index is 1700. The molecular weight excluding hydrogens is 614 g/mol. The summed E-state index contributed by atoms with van der Waals surface area (Å²) in [7, 11) is 0. The predicted molar refractivity (Wildman–Crippen MR) is 173 cm³/mol. The summed E-state index contributed by atoms with van der Waals surface area (Å²) in [6.45, 7) is 2.27. The highest BCUT2D eigenvalue weighted by Crippen LogP contribution is 2.35. The van der Waals surface area contributed by atoms with Crippen molar-refractivity contribution in [3.63, 3.8) is 0 Å². The molecule has 1 aliphatic heterocycles. The number of aliphatic hydroxyl groups excluding tert-OH is 2. The molecule has 1 saturated heterocycles. The van der Waals surface area contributed by atoms with Crippen LogP contribution in [0.5, 0.6) is 0 Å². The van der Waals surface area contributed by atoms with Crippen molar-refractivity contribution in [1.29, 1.82) is 0 Å². The third kappa shape index (κ3) is 6.12. The number of halogens is 1. The number of aromatic amines is 1. The van der Waals surface area contributed by atoms with E-state index >= 15 is 0 Å². The molecule has 0 aliphatic carbocycles. The van der Waals surface area contributed by atoms with Gasteiger partial charge in [-0.15, -0.1) is 12.4 Å². The maximum absolute atomic E-state index is 13.8. The lowest BCUT2D eigenvalue weighted by molar-refractivity contribution is -0.180. The minimum absolute atomic E-state index is 0. The van der Waals surface area contributed by atoms with E-state index in [1.807, 2.05) is 36.4 Å². The zero-order chi connectivity index (χ0) is 31.6. The number of amides is 1. The van der Waals surface area contributed by atoms with Gasteiger partial charge in [0.25, 0.3) is 5.91 Å². The van der Waals surface area contributed by atoms with E-state index in [2.05, 4.69) is 54.5 Å². The van der Waals surface area contributed by atoms with Gasteiger partial charge in [-0.2, -0.15) is 4.68 Å². The first-order chi connectivity index (χ1) is 21.8. The van der Waals surface area contributed by atoms with Crippen molar-refractivity contribution in [1.82, 2.24) is 29.6 Å². The lowest BCUT2D eigenvalue weighted by atomic mass is 9.89. The van der Waals surface area contributed by atoms with Crippen molar-refractivity contribution in [3.05, 3.63) is 96.3 Å². The Kier molecular flexibility index (Phi) is 9.84. The van der Waals surface area contributed by atoms with Crippen LogP contribution in [-0.4, -0.2) is 88.0 Å². The van der Waals surface area contributed by atoms with Gasteiger partial charge in [0.15, 0.2) is 29.4 Å². The number of nitrogens with one attached hydrogen (secondary N) is 2. The number of H-pyrrole nitrogens is 1. The van der Waals surface area contributed by atoms with Crippen LogP contribution in [0.1, 0.15) is 36.1 Å². The van der Waals surface area contributed by atoms with Crippen LogP contribution in [0, 0.1) is 0 Å². The smallest absolute Gasteiger partial charge is 0.273 e. The van der Waals surface area contributed by atoms with Crippen molar-refractivity contribution in [2.24, 2.45) is 0 Å². The van der Waals surface area contributed by atoms with Crippen molar-refractivity contribution in [2.45, 2.75) is 49.8 Å². The topological polar surface area (TPSA) is 201 Å². The van der Waals surface area contributed by atoms with E-state index in [0.717, 1.165) is 11.1 Å². The van der Waals surface area contributed by atoms with Gasteiger partial charge in [-0.3, -0.25) is 4.79 Å². The van der Waals surface area contributed by atoms with Gasteiger partial charge in [-0.05, 0) is 30.9 Å². The number of ether oxygens (including phenoxy) is 1. The third-order valence-electron chi connectivity index (χ3n) is 8.21. The number of aliphatic hydroxyl groups is 3. The zero-order valence-electron chi connectivity index (χ0n) is 25.0. The lowest BCUT2D eigenvalue weighted by Crippen LogP contribution is -2.54. The number of anilines is 2. The van der Waals surface area contributed by atoms with E-state index in [9.17, 15) is 20.1 Å². The maximum Gasteiger partial charge on any atom is 0.273 e. The number of hydrogen-bond acceptors (Lipinski definition) is 11. The van der Waals surface area contributed by atoms with Crippen molar-refractivity contribution < 1.29 is 24.9 Å². The van der Waals surface area contributed by atoms with Crippen LogP contribution < -0.4 is 16.1 Å². The van der Waals surface area contributed by atoms with Gasteiger partial charge < -0.3 is 36.1 Å². The molecule has 14 nitrogen and oxygen atoms in total. The van der Waals surface area contributed by atoms with Crippen LogP contribution in [0.4, 0.5) is 11.8 Å². The number of rotatable bonds is 11. The molecule has 4 heterocycles. The molecule has 242 valence electrons. The molecule has 46 heavy (non-hydrogen) atoms. The van der Waals surface area contributed by atoms with Crippen LogP contribution in [0.2, 0.25) is 0 Å². The average molecular weight is 650 g/mol. The first kappa shape index (κ1) is 32.8. The number of benzene rings is 2. The number of nitrogen functional groups attached to an aromatic ring is 1. The molecule has 0 saturated carbocycles. The summed E-state index contributed by atoms with van der Waals surface area (Å²) in [5.74, 6) is -0.362. The molecule has 0 spiro atoms. The van der Waals surface area contributed by atoms with Gasteiger partial charge in [-0.1, -0.05) is 60.7 Å². The minimum Gasteiger partial charge on any atom is -0.387 e. The number of nitrogens with zero attached hydrogens (tertiary/aromatic N) is 6. The van der Waals surface area contributed by atoms with Gasteiger partial charge >= 0.3 is 0 Å². The molecule has 15 heteroatoms. The predicted octanol–water partition coefficient (Wildman–Crippen LogP) is 1.72. The highest BCUT2D eigenvalue weighted by atomic mass is 35.5. The minimum atomic E-state index is -2.10. The fourth-order valence-electron chi connectivity index (χ4n) is 5.77. The van der Waals surface area contributed by atoms with Crippen LogP contribution in [-0.2, 0) is 16.0 Å². The number of carbonyl (C=O) groups excluding carboxylic acids is 1. The second-order valence-electron chi connectivity index (χ2n) is 10.9. The van der Waals surface area contributed by atoms with Gasteiger partial charge in [0.2, 0.25) is 5.95 Å². The summed E-state index contributed by atoms with van der Waals surface area (Å²) >= 11 is 0. The fraction of sp³-hybridized carbons (Fsp3) is 0.323. The molecule has 4 atom stereocenters. The molecule has 0 radical (unpaired) electrons. The van der Waals surface area contributed by atoms with E-state index in [0.29, 0.717) is 23.6 Å². The largest absolute Gasteiger partial charge is 0.387 e. The Labute approximate surface area is 270 Å². The summed E-state index contributed by atoms with van der Waals surface area (Å²) < 4.78 is 6.77. The van der Waals surface area contributed by atoms with E-state index in [1.165, 1.54) is 22.3 Å². The number of carbonyl (C=O) groups is 1. The highest BCUT2D eigenvalue weighted by Gasteiger charge is 2.57. The zero-order valence-corrected chi connectivity index (χ0v) is 25.8. The second kappa shape index (κ2) is 13.8. The number of aryl methyl sites for hydroxylation is 1. The number of fused-ring (bicyclic) bond motifs is 1. The van der Waals surface area contributed by atoms with Crippen molar-refractivity contribution in [3.8, 4) is 0 Å². The average Bonchev–Trinajstić information content (AvgIpc) is 3.76. The standard InChI is InChI=1S/C31H35N9O5.ClH/c1-2-39(28(42)24-25(41)31(44,29(43)45-24)14-13-21-15-33-17-35-21)40-27-23(38-30(40)32)26(36-18-37-27)34-16-22(19-9-5-3-6-10-19)20-11-7-4-8-12-20;/h3-12,15,17-18,22,24-25,29,41,43-44H,2,13-14,16H2,1H3,(H2,32,38)(H,33,35)(H,34,36,37);1H/t24-,25+,29+,31+;/m0./s1. The SMILES string of the molecule is CCN(C(=O)[C@H]1O[C@@H](O)[C@@](O)(CCc2cnc[nH]2)[C@@H]1O)n1c(N)nc2c(NCC(c3ccccc3)c3ccccc3)ncnc21.Cl. The molecule has 7 N–H and O–H groups in total. The Balaban J connectivity index is 0.00000417. The Morgan fingerprint density at radius 2 is 1.80 bits per heavy atom. The van der Waals surface area contributed by atoms with Gasteiger partial charge in [-0.25, -0.2) is 24.9 Å². The first-order valence-corrected chi connectivity index (χ1v) is 14.7. The monoisotopic (exact) mass is 649 g/mol. The number of nitrogens with two attached hydrogens (primary N) is 1. The van der Waals surface area contributed by atoms with Crippen LogP contribution in [0.3, 0.4) is 0 Å². The van der Waals surface area contributed by atoms with E-state index in [1.54, 1.807) is 13.1 Å². The molecule has 1 amide bonds. The second-order valence-corrected chi connectivity index (χ2v) is 10.9. The normalized spacial score (nSPS) is 20.9. The number of hydrogen-bond donors (Lipinski definition) is 6. The van der Waals surface area contributed by atoms with E-state index in [-0.39, 0.29) is 49.3 Å². The Morgan fingerprint density at radius 3 is 2.41 bits per heavy atom. The van der Waals surface area contributed by atoms with Gasteiger partial charge in [0, 0.05) is 30.9 Å². The molecule has 2 aromatic carbocycles. The van der Waals surface area contributed by atoms with E-state index in [4.69, 9.17) is 10.5 Å². The number of likely N-dealkylation sites (N-methyl/N-ethyl adjacent to an activating group) is 1. The molecule has 0 bridgehead atoms. The first-order valence-electron chi connectivity index (χ1n) is 14.7. The molecule has 1 aliphatic rings. The molecule has 1 fully saturated rings. The number of imidazole rings is 2. The van der Waals surface area contributed by atoms with Crippen LogP contribution >= 0.6 is 12.4 Å². The lowest BCUT2D eigenvalue weighted by Gasteiger charge is -2.29. The third-order valence-corrected chi connectivity index (χ3v) is 8.21. The maximum atomic E-state index is 13.8. The highest BCUT2D eigenvalue weighted by molar-refractivity contribution is 5.94. The molecular formula is C31H36ClN9O5. The van der Waals surface area contributed by atoms with Crippen molar-refractivity contribution >= 4 is 41.2 Å².